The summed E-state index contributed by atoms with van der Waals surface area (Å²) >= 11 is 0. The Hall–Kier alpha value is -1.70. The van der Waals surface area contributed by atoms with Crippen molar-refractivity contribution in [3.8, 4) is 11.4 Å². The third-order valence-electron chi connectivity index (χ3n) is 6.85. The van der Waals surface area contributed by atoms with E-state index in [4.69, 9.17) is 0 Å². The number of nitrogens with zero attached hydrogens (tertiary/aromatic N) is 2. The number of benzene rings is 1. The van der Waals surface area contributed by atoms with Gasteiger partial charge in [0.2, 0.25) is 0 Å². The van der Waals surface area contributed by atoms with E-state index >= 15 is 0 Å². The first-order valence-corrected chi connectivity index (χ1v) is 12.2. The van der Waals surface area contributed by atoms with E-state index in [2.05, 4.69) is 48.1 Å². The van der Waals surface area contributed by atoms with Crippen LogP contribution in [0.4, 0.5) is 0 Å². The second kappa shape index (κ2) is 12.1. The molecule has 29 heavy (non-hydrogen) atoms. The van der Waals surface area contributed by atoms with E-state index in [1.54, 1.807) is 0 Å². The van der Waals surface area contributed by atoms with Gasteiger partial charge in [-0.25, -0.2) is 9.97 Å². The van der Waals surface area contributed by atoms with Gasteiger partial charge in [-0.05, 0) is 42.2 Å². The third kappa shape index (κ3) is 7.24. The highest BCUT2D eigenvalue weighted by atomic mass is 14.9. The summed E-state index contributed by atoms with van der Waals surface area (Å²) in [4.78, 5) is 9.25. The standard InChI is InChI=1S/C27H40N2/c1-3-5-6-7-8-9-23-10-12-24(13-11-23)14-15-25-20-28-27(29-21-25)26-18-16-22(4-2)17-19-26/h16-21,23-24H,3-15H2,1-2H3/t23-,24-. The Balaban J connectivity index is 1.36. The Bertz CT molecular complexity index is 681. The lowest BCUT2D eigenvalue weighted by Crippen LogP contribution is -2.15. The van der Waals surface area contributed by atoms with E-state index in [1.807, 2.05) is 12.4 Å². The summed E-state index contributed by atoms with van der Waals surface area (Å²) < 4.78 is 0. The molecule has 0 bridgehead atoms. The van der Waals surface area contributed by atoms with Crippen LogP contribution < -0.4 is 0 Å². The summed E-state index contributed by atoms with van der Waals surface area (Å²) in [7, 11) is 0. The van der Waals surface area contributed by atoms with Crippen LogP contribution in [-0.2, 0) is 12.8 Å². The lowest BCUT2D eigenvalue weighted by atomic mass is 9.78. The molecule has 0 aliphatic heterocycles. The molecule has 1 aromatic carbocycles. The number of aromatic nitrogens is 2. The first-order valence-electron chi connectivity index (χ1n) is 12.2. The van der Waals surface area contributed by atoms with Gasteiger partial charge in [-0.2, -0.15) is 0 Å². The van der Waals surface area contributed by atoms with Crippen molar-refractivity contribution in [2.75, 3.05) is 0 Å². The van der Waals surface area contributed by atoms with Crippen molar-refractivity contribution in [2.24, 2.45) is 11.8 Å². The number of hydrogen-bond acceptors (Lipinski definition) is 2. The number of rotatable bonds is 11. The Kier molecular flexibility index (Phi) is 9.18. The fraction of sp³-hybridized carbons (Fsp3) is 0.630. The van der Waals surface area contributed by atoms with Gasteiger partial charge in [0.25, 0.3) is 0 Å². The highest BCUT2D eigenvalue weighted by molar-refractivity contribution is 5.55. The quantitative estimate of drug-likeness (QED) is 0.364. The number of aryl methyl sites for hydroxylation is 2. The molecule has 0 amide bonds. The van der Waals surface area contributed by atoms with Gasteiger partial charge in [0.1, 0.15) is 0 Å². The van der Waals surface area contributed by atoms with E-state index in [-0.39, 0.29) is 0 Å². The van der Waals surface area contributed by atoms with Crippen LogP contribution in [0.5, 0.6) is 0 Å². The molecular formula is C27H40N2. The normalized spacial score (nSPS) is 19.4. The molecule has 1 heterocycles. The minimum absolute atomic E-state index is 0.843. The first-order chi connectivity index (χ1) is 14.3. The van der Waals surface area contributed by atoms with Gasteiger partial charge in [-0.15, -0.1) is 0 Å². The van der Waals surface area contributed by atoms with Crippen molar-refractivity contribution in [1.29, 1.82) is 0 Å². The molecule has 2 nitrogen and oxygen atoms in total. The molecule has 0 atom stereocenters. The lowest BCUT2D eigenvalue weighted by molar-refractivity contribution is 0.248. The molecule has 2 aromatic rings. The second-order valence-corrected chi connectivity index (χ2v) is 9.09. The predicted octanol–water partition coefficient (Wildman–Crippen LogP) is 7.81. The Labute approximate surface area is 178 Å². The van der Waals surface area contributed by atoms with Crippen LogP contribution in [0.25, 0.3) is 11.4 Å². The van der Waals surface area contributed by atoms with Crippen LogP contribution in [0.1, 0.15) is 95.6 Å². The summed E-state index contributed by atoms with van der Waals surface area (Å²) in [5, 5.41) is 0. The molecule has 1 saturated carbocycles. The van der Waals surface area contributed by atoms with Crippen molar-refractivity contribution < 1.29 is 0 Å². The molecule has 2 heteroatoms. The first kappa shape index (κ1) is 22.0. The molecule has 0 spiro atoms. The molecule has 158 valence electrons. The monoisotopic (exact) mass is 392 g/mol. The highest BCUT2D eigenvalue weighted by Crippen LogP contribution is 2.34. The Morgan fingerprint density at radius 3 is 1.97 bits per heavy atom. The highest BCUT2D eigenvalue weighted by Gasteiger charge is 2.20. The maximum absolute atomic E-state index is 4.62. The van der Waals surface area contributed by atoms with Gasteiger partial charge in [0, 0.05) is 18.0 Å². The summed E-state index contributed by atoms with van der Waals surface area (Å²) in [6.07, 6.45) is 22.0. The average Bonchev–Trinajstić information content (AvgIpc) is 2.79. The van der Waals surface area contributed by atoms with Crippen LogP contribution in [0.2, 0.25) is 0 Å². The van der Waals surface area contributed by atoms with Crippen LogP contribution in [0, 0.1) is 11.8 Å². The van der Waals surface area contributed by atoms with Crippen LogP contribution in [0.15, 0.2) is 36.7 Å². The number of unbranched alkanes of at least 4 members (excludes halogenated alkanes) is 4. The predicted molar refractivity (Wildman–Crippen MR) is 124 cm³/mol. The van der Waals surface area contributed by atoms with Gasteiger partial charge in [-0.1, -0.05) is 102 Å². The van der Waals surface area contributed by atoms with E-state index in [0.29, 0.717) is 0 Å². The van der Waals surface area contributed by atoms with E-state index in [1.165, 1.54) is 81.8 Å². The smallest absolute Gasteiger partial charge is 0.159 e. The molecule has 0 unspecified atom stereocenters. The minimum atomic E-state index is 0.843. The Morgan fingerprint density at radius 1 is 0.724 bits per heavy atom. The molecule has 1 aliphatic rings. The van der Waals surface area contributed by atoms with Gasteiger partial charge in [-0.3, -0.25) is 0 Å². The van der Waals surface area contributed by atoms with E-state index in [0.717, 1.165) is 36.1 Å². The molecule has 1 aromatic heterocycles. The zero-order valence-corrected chi connectivity index (χ0v) is 18.7. The summed E-state index contributed by atoms with van der Waals surface area (Å²) in [5.41, 5.74) is 3.76. The van der Waals surface area contributed by atoms with Crippen molar-refractivity contribution in [3.05, 3.63) is 47.8 Å². The van der Waals surface area contributed by atoms with Crippen molar-refractivity contribution in [3.63, 3.8) is 0 Å². The van der Waals surface area contributed by atoms with E-state index < -0.39 is 0 Å². The average molecular weight is 393 g/mol. The topological polar surface area (TPSA) is 25.8 Å². The minimum Gasteiger partial charge on any atom is -0.236 e. The molecule has 1 fully saturated rings. The van der Waals surface area contributed by atoms with Crippen molar-refractivity contribution in [1.82, 2.24) is 9.97 Å². The second-order valence-electron chi connectivity index (χ2n) is 9.09. The maximum atomic E-state index is 4.62. The van der Waals surface area contributed by atoms with Gasteiger partial charge >= 0.3 is 0 Å². The fourth-order valence-electron chi connectivity index (χ4n) is 4.74. The summed E-state index contributed by atoms with van der Waals surface area (Å²) in [6.45, 7) is 4.48. The SMILES string of the molecule is CCCCCCC[C@H]1CC[C@H](CCc2cnc(-c3ccc(CC)cc3)nc2)CC1. The van der Waals surface area contributed by atoms with Crippen molar-refractivity contribution in [2.45, 2.75) is 97.3 Å². The van der Waals surface area contributed by atoms with Gasteiger partial charge in [0.15, 0.2) is 5.82 Å². The summed E-state index contributed by atoms with van der Waals surface area (Å²) in [6, 6.07) is 8.62. The molecular weight excluding hydrogens is 352 g/mol. The van der Waals surface area contributed by atoms with E-state index in [9.17, 15) is 0 Å². The third-order valence-corrected chi connectivity index (χ3v) is 6.85. The largest absolute Gasteiger partial charge is 0.236 e. The fourth-order valence-corrected chi connectivity index (χ4v) is 4.74. The van der Waals surface area contributed by atoms with Crippen LogP contribution in [0.3, 0.4) is 0 Å². The summed E-state index contributed by atoms with van der Waals surface area (Å²) in [5.74, 6) is 2.76. The zero-order valence-electron chi connectivity index (χ0n) is 18.7. The molecule has 3 rings (SSSR count). The van der Waals surface area contributed by atoms with Gasteiger partial charge < -0.3 is 0 Å². The molecule has 1 aliphatic carbocycles. The number of hydrogen-bond donors (Lipinski definition) is 0. The van der Waals surface area contributed by atoms with Crippen molar-refractivity contribution >= 4 is 0 Å². The molecule has 0 saturated heterocycles. The molecule has 0 N–H and O–H groups in total. The Morgan fingerprint density at radius 2 is 1.34 bits per heavy atom. The zero-order chi connectivity index (χ0) is 20.3. The lowest BCUT2D eigenvalue weighted by Gasteiger charge is -2.28. The molecule has 0 radical (unpaired) electrons. The van der Waals surface area contributed by atoms with Crippen LogP contribution in [-0.4, -0.2) is 9.97 Å². The van der Waals surface area contributed by atoms with Gasteiger partial charge in [0.05, 0.1) is 0 Å². The maximum Gasteiger partial charge on any atom is 0.159 e. The van der Waals surface area contributed by atoms with Crippen LogP contribution >= 0.6 is 0 Å².